The highest BCUT2D eigenvalue weighted by atomic mass is 16.7. The van der Waals surface area contributed by atoms with E-state index < -0.39 is 0 Å². The molecule has 8 heteroatoms. The predicted octanol–water partition coefficient (Wildman–Crippen LogP) is 7.00. The van der Waals surface area contributed by atoms with E-state index in [2.05, 4.69) is 23.6 Å². The fraction of sp³-hybridized carbons (Fsp3) is 1.00. The fourth-order valence-electron chi connectivity index (χ4n) is 5.20. The van der Waals surface area contributed by atoms with Crippen LogP contribution < -0.4 is 0 Å². The third-order valence-electron chi connectivity index (χ3n) is 7.92. The van der Waals surface area contributed by atoms with Crippen molar-refractivity contribution in [1.29, 1.82) is 0 Å². The van der Waals surface area contributed by atoms with E-state index in [9.17, 15) is 10.2 Å². The number of ether oxygens (including phenoxy) is 4. The van der Waals surface area contributed by atoms with Gasteiger partial charge in [-0.15, -0.1) is 0 Å². The standard InChI is InChI=1S/C35H74N2O6/c1-5-7-9-17-30-40-34(3)42-32-19-13-11-15-22-36(24-21-25-37(26-28-38)27-29-39)23-16-12-14-20-33-43-35(4)41-31-18-10-8-6-2/h34-35,38-39H,5-33H2,1-4H3. The number of rotatable bonds is 36. The first-order valence-electron chi connectivity index (χ1n) is 18.2. The van der Waals surface area contributed by atoms with Crippen LogP contribution in [0.2, 0.25) is 0 Å². The van der Waals surface area contributed by atoms with Gasteiger partial charge in [0, 0.05) is 39.5 Å². The number of aliphatic hydroxyl groups excluding tert-OH is 2. The van der Waals surface area contributed by atoms with Crippen molar-refractivity contribution in [2.24, 2.45) is 0 Å². The van der Waals surface area contributed by atoms with Crippen molar-refractivity contribution in [1.82, 2.24) is 9.80 Å². The Kier molecular flexibility index (Phi) is 34.3. The summed E-state index contributed by atoms with van der Waals surface area (Å²) in [7, 11) is 0. The van der Waals surface area contributed by atoms with Crippen LogP contribution in [0.5, 0.6) is 0 Å². The van der Waals surface area contributed by atoms with Gasteiger partial charge in [-0.1, -0.05) is 78.1 Å². The Labute approximate surface area is 267 Å². The molecule has 0 radical (unpaired) electrons. The van der Waals surface area contributed by atoms with Gasteiger partial charge < -0.3 is 34.1 Å². The molecule has 0 heterocycles. The molecule has 0 aromatic heterocycles. The van der Waals surface area contributed by atoms with E-state index in [4.69, 9.17) is 18.9 Å². The number of nitrogens with zero attached hydrogens (tertiary/aromatic N) is 2. The summed E-state index contributed by atoms with van der Waals surface area (Å²) in [5.74, 6) is 0. The topological polar surface area (TPSA) is 83.9 Å². The van der Waals surface area contributed by atoms with Crippen molar-refractivity contribution in [2.75, 3.05) is 78.9 Å². The SMILES string of the molecule is CCCCCCOC(C)OCCCCCCN(CCCCCCOC(C)OCCCCCC)CCCN(CCO)CCO. The molecule has 0 saturated heterocycles. The van der Waals surface area contributed by atoms with E-state index in [1.807, 2.05) is 13.8 Å². The Balaban J connectivity index is 4.13. The average molecular weight is 619 g/mol. The zero-order chi connectivity index (χ0) is 31.6. The molecule has 0 aliphatic carbocycles. The summed E-state index contributed by atoms with van der Waals surface area (Å²) in [6, 6.07) is 0. The third-order valence-corrected chi connectivity index (χ3v) is 7.92. The minimum atomic E-state index is -0.100. The first-order chi connectivity index (χ1) is 21.1. The molecule has 0 bridgehead atoms. The number of hydrogen-bond acceptors (Lipinski definition) is 8. The summed E-state index contributed by atoms with van der Waals surface area (Å²) >= 11 is 0. The minimum Gasteiger partial charge on any atom is -0.395 e. The maximum Gasteiger partial charge on any atom is 0.154 e. The van der Waals surface area contributed by atoms with Crippen molar-refractivity contribution >= 4 is 0 Å². The Bertz CT molecular complexity index is 491. The molecule has 0 spiro atoms. The van der Waals surface area contributed by atoms with Crippen molar-refractivity contribution in [3.8, 4) is 0 Å². The van der Waals surface area contributed by atoms with Crippen molar-refractivity contribution in [3.63, 3.8) is 0 Å². The Morgan fingerprint density at radius 3 is 1.05 bits per heavy atom. The third kappa shape index (κ3) is 31.4. The summed E-state index contributed by atoms with van der Waals surface area (Å²) < 4.78 is 23.2. The maximum atomic E-state index is 9.31. The molecule has 260 valence electrons. The number of unbranched alkanes of at least 4 members (excludes halogenated alkanes) is 12. The lowest BCUT2D eigenvalue weighted by Gasteiger charge is -2.25. The number of hydrogen-bond donors (Lipinski definition) is 2. The lowest BCUT2D eigenvalue weighted by atomic mass is 10.1. The van der Waals surface area contributed by atoms with Gasteiger partial charge in [-0.25, -0.2) is 0 Å². The molecule has 0 amide bonds. The monoisotopic (exact) mass is 619 g/mol. The highest BCUT2D eigenvalue weighted by Gasteiger charge is 2.09. The highest BCUT2D eigenvalue weighted by molar-refractivity contribution is 4.63. The lowest BCUT2D eigenvalue weighted by Crippen LogP contribution is -2.34. The molecule has 0 saturated carbocycles. The largest absolute Gasteiger partial charge is 0.395 e. The molecule has 2 atom stereocenters. The van der Waals surface area contributed by atoms with E-state index in [1.165, 1.54) is 77.0 Å². The molecule has 2 N–H and O–H groups in total. The molecule has 0 rings (SSSR count). The summed E-state index contributed by atoms with van der Waals surface area (Å²) in [5, 5.41) is 18.6. The van der Waals surface area contributed by atoms with Gasteiger partial charge in [0.15, 0.2) is 12.6 Å². The van der Waals surface area contributed by atoms with Gasteiger partial charge in [0.05, 0.1) is 13.2 Å². The predicted molar refractivity (Wildman–Crippen MR) is 180 cm³/mol. The van der Waals surface area contributed by atoms with Gasteiger partial charge in [-0.3, -0.25) is 4.90 Å². The van der Waals surface area contributed by atoms with Crippen LogP contribution in [0.25, 0.3) is 0 Å². The second-order valence-corrected chi connectivity index (χ2v) is 12.1. The van der Waals surface area contributed by atoms with E-state index >= 15 is 0 Å². The molecular weight excluding hydrogens is 544 g/mol. The zero-order valence-electron chi connectivity index (χ0n) is 29.1. The smallest absolute Gasteiger partial charge is 0.154 e. The van der Waals surface area contributed by atoms with Crippen molar-refractivity contribution in [3.05, 3.63) is 0 Å². The fourth-order valence-corrected chi connectivity index (χ4v) is 5.20. The summed E-state index contributed by atoms with van der Waals surface area (Å²) in [6.45, 7) is 17.5. The van der Waals surface area contributed by atoms with E-state index in [0.29, 0.717) is 13.1 Å². The molecule has 0 fully saturated rings. The molecule has 8 nitrogen and oxygen atoms in total. The van der Waals surface area contributed by atoms with Gasteiger partial charge in [0.2, 0.25) is 0 Å². The van der Waals surface area contributed by atoms with Crippen LogP contribution in [0, 0.1) is 0 Å². The number of aliphatic hydroxyl groups is 2. The molecule has 0 aromatic carbocycles. The van der Waals surface area contributed by atoms with Gasteiger partial charge in [0.1, 0.15) is 0 Å². The molecule has 0 aliphatic rings. The maximum absolute atomic E-state index is 9.31. The van der Waals surface area contributed by atoms with Gasteiger partial charge in [-0.05, 0) is 85.0 Å². The molecule has 2 unspecified atom stereocenters. The van der Waals surface area contributed by atoms with E-state index in [0.717, 1.165) is 84.7 Å². The zero-order valence-corrected chi connectivity index (χ0v) is 29.1. The van der Waals surface area contributed by atoms with Gasteiger partial charge >= 0.3 is 0 Å². The van der Waals surface area contributed by atoms with Crippen LogP contribution >= 0.6 is 0 Å². The van der Waals surface area contributed by atoms with Crippen LogP contribution in [-0.4, -0.2) is 112 Å². The lowest BCUT2D eigenvalue weighted by molar-refractivity contribution is -0.132. The Hall–Kier alpha value is -0.320. The van der Waals surface area contributed by atoms with Crippen molar-refractivity contribution < 1.29 is 29.2 Å². The minimum absolute atomic E-state index is 0.100. The quantitative estimate of drug-likeness (QED) is 0.0574. The molecular formula is C35H74N2O6. The van der Waals surface area contributed by atoms with Gasteiger partial charge in [0.25, 0.3) is 0 Å². The first-order valence-corrected chi connectivity index (χ1v) is 18.2. The normalized spacial score (nSPS) is 13.4. The van der Waals surface area contributed by atoms with E-state index in [-0.39, 0.29) is 25.8 Å². The second-order valence-electron chi connectivity index (χ2n) is 12.1. The molecule has 43 heavy (non-hydrogen) atoms. The van der Waals surface area contributed by atoms with E-state index in [1.54, 1.807) is 0 Å². The van der Waals surface area contributed by atoms with Crippen LogP contribution in [0.4, 0.5) is 0 Å². The van der Waals surface area contributed by atoms with Crippen LogP contribution in [0.1, 0.15) is 137 Å². The van der Waals surface area contributed by atoms with Crippen molar-refractivity contribution in [2.45, 2.75) is 149 Å². The van der Waals surface area contributed by atoms with Crippen LogP contribution in [-0.2, 0) is 18.9 Å². The molecule has 0 aliphatic heterocycles. The van der Waals surface area contributed by atoms with Crippen LogP contribution in [0.3, 0.4) is 0 Å². The molecule has 0 aromatic rings. The average Bonchev–Trinajstić information content (AvgIpc) is 2.99. The highest BCUT2D eigenvalue weighted by Crippen LogP contribution is 2.09. The summed E-state index contributed by atoms with van der Waals surface area (Å²) in [6.07, 6.45) is 20.1. The summed E-state index contributed by atoms with van der Waals surface area (Å²) in [5.41, 5.74) is 0. The van der Waals surface area contributed by atoms with Crippen LogP contribution in [0.15, 0.2) is 0 Å². The second kappa shape index (κ2) is 34.6. The van der Waals surface area contributed by atoms with Gasteiger partial charge in [-0.2, -0.15) is 0 Å². The first kappa shape index (κ1) is 42.7. The Morgan fingerprint density at radius 2 is 0.698 bits per heavy atom. The Morgan fingerprint density at radius 1 is 0.395 bits per heavy atom. The summed E-state index contributed by atoms with van der Waals surface area (Å²) in [4.78, 5) is 4.77.